The summed E-state index contributed by atoms with van der Waals surface area (Å²) in [6, 6.07) is 0. The zero-order valence-corrected chi connectivity index (χ0v) is 9.68. The molecule has 1 N–H and O–H groups in total. The van der Waals surface area contributed by atoms with Crippen LogP contribution >= 0.6 is 0 Å². The third-order valence-electron chi connectivity index (χ3n) is 1.23. The fraction of sp³-hybridized carbons (Fsp3) is 0.778. The minimum absolute atomic E-state index is 0.253. The number of esters is 1. The summed E-state index contributed by atoms with van der Waals surface area (Å²) in [5.74, 6) is -2.29. The van der Waals surface area contributed by atoms with Gasteiger partial charge in [0.25, 0.3) is 0 Å². The average Bonchev–Trinajstić information content (AvgIpc) is 2.07. The molecule has 8 heteroatoms. The van der Waals surface area contributed by atoms with Gasteiger partial charge >= 0.3 is 18.2 Å². The molecular formula is C9H14F3NO4. The topological polar surface area (TPSA) is 64.6 Å². The van der Waals surface area contributed by atoms with E-state index in [9.17, 15) is 22.8 Å². The Morgan fingerprint density at radius 2 is 1.71 bits per heavy atom. The maximum Gasteiger partial charge on any atom is 0.490 e. The summed E-state index contributed by atoms with van der Waals surface area (Å²) in [7, 11) is 0. The number of carbonyl (C=O) groups excluding carboxylic acids is 2. The molecule has 0 rings (SSSR count). The van der Waals surface area contributed by atoms with Gasteiger partial charge in [-0.05, 0) is 20.8 Å². The number of halogens is 3. The average molecular weight is 257 g/mol. The van der Waals surface area contributed by atoms with E-state index in [0.29, 0.717) is 0 Å². The summed E-state index contributed by atoms with van der Waals surface area (Å²) in [5, 5.41) is 2.14. The van der Waals surface area contributed by atoms with E-state index in [4.69, 9.17) is 4.74 Å². The number of carbonyl (C=O) groups is 2. The first-order valence-corrected chi connectivity index (χ1v) is 4.73. The highest BCUT2D eigenvalue weighted by atomic mass is 19.4. The van der Waals surface area contributed by atoms with Gasteiger partial charge in [-0.3, -0.25) is 0 Å². The Labute approximate surface area is 96.3 Å². The van der Waals surface area contributed by atoms with Crippen LogP contribution in [0.5, 0.6) is 0 Å². The molecule has 0 heterocycles. The molecule has 0 aliphatic heterocycles. The normalized spacial score (nSPS) is 11.9. The number of nitrogens with one attached hydrogen (secondary N) is 1. The first-order chi connectivity index (χ1) is 7.52. The van der Waals surface area contributed by atoms with Crippen molar-refractivity contribution >= 4 is 12.1 Å². The van der Waals surface area contributed by atoms with Crippen molar-refractivity contribution in [3.8, 4) is 0 Å². The minimum Gasteiger partial charge on any atom is -0.457 e. The second kappa shape index (κ2) is 5.74. The van der Waals surface area contributed by atoms with Crippen molar-refractivity contribution < 1.29 is 32.2 Å². The van der Waals surface area contributed by atoms with E-state index in [2.05, 4.69) is 10.1 Å². The summed E-state index contributed by atoms with van der Waals surface area (Å²) in [6.45, 7) is 4.08. The molecule has 0 aliphatic carbocycles. The number of ether oxygens (including phenoxy) is 2. The number of amides is 1. The van der Waals surface area contributed by atoms with Gasteiger partial charge in [0.15, 0.2) is 0 Å². The summed E-state index contributed by atoms with van der Waals surface area (Å²) in [4.78, 5) is 21.3. The van der Waals surface area contributed by atoms with Gasteiger partial charge < -0.3 is 14.8 Å². The van der Waals surface area contributed by atoms with Crippen molar-refractivity contribution in [1.82, 2.24) is 5.32 Å². The molecule has 0 saturated carbocycles. The predicted octanol–water partition coefficient (Wildman–Crippen LogP) is 1.62. The van der Waals surface area contributed by atoms with Gasteiger partial charge in [-0.25, -0.2) is 9.59 Å². The van der Waals surface area contributed by atoms with E-state index in [1.54, 1.807) is 20.8 Å². The van der Waals surface area contributed by atoms with Crippen LogP contribution in [0.25, 0.3) is 0 Å². The lowest BCUT2D eigenvalue weighted by Gasteiger charge is -2.19. The van der Waals surface area contributed by atoms with Crippen LogP contribution in [0.1, 0.15) is 20.8 Å². The zero-order chi connectivity index (χ0) is 13.7. The fourth-order valence-corrected chi connectivity index (χ4v) is 0.693. The van der Waals surface area contributed by atoms with Crippen LogP contribution in [0.15, 0.2) is 0 Å². The molecule has 5 nitrogen and oxygen atoms in total. The lowest BCUT2D eigenvalue weighted by Crippen LogP contribution is -2.35. The van der Waals surface area contributed by atoms with Gasteiger partial charge in [-0.2, -0.15) is 13.2 Å². The van der Waals surface area contributed by atoms with Crippen molar-refractivity contribution in [3.05, 3.63) is 0 Å². The highest BCUT2D eigenvalue weighted by molar-refractivity contribution is 5.75. The molecule has 0 aromatic rings. The summed E-state index contributed by atoms with van der Waals surface area (Å²) in [5.41, 5.74) is -0.702. The van der Waals surface area contributed by atoms with Gasteiger partial charge in [-0.1, -0.05) is 0 Å². The SMILES string of the molecule is CC(C)(C)OC(=O)NCCOC(=O)C(F)(F)F. The Balaban J connectivity index is 3.73. The third kappa shape index (κ3) is 8.35. The van der Waals surface area contributed by atoms with Gasteiger partial charge in [0.05, 0.1) is 6.54 Å². The molecule has 0 atom stereocenters. The highest BCUT2D eigenvalue weighted by Crippen LogP contribution is 2.16. The fourth-order valence-electron chi connectivity index (χ4n) is 0.693. The quantitative estimate of drug-likeness (QED) is 0.616. The van der Waals surface area contributed by atoms with Crippen molar-refractivity contribution in [1.29, 1.82) is 0 Å². The van der Waals surface area contributed by atoms with Crippen LogP contribution in [-0.4, -0.2) is 37.0 Å². The van der Waals surface area contributed by atoms with E-state index in [-0.39, 0.29) is 6.54 Å². The highest BCUT2D eigenvalue weighted by Gasteiger charge is 2.40. The van der Waals surface area contributed by atoms with E-state index in [1.807, 2.05) is 0 Å². The smallest absolute Gasteiger partial charge is 0.457 e. The molecule has 0 fully saturated rings. The molecule has 0 unspecified atom stereocenters. The first-order valence-electron chi connectivity index (χ1n) is 4.73. The summed E-state index contributed by atoms with van der Waals surface area (Å²) in [6.07, 6.45) is -5.81. The van der Waals surface area contributed by atoms with Crippen LogP contribution in [-0.2, 0) is 14.3 Å². The molecule has 1 amide bonds. The van der Waals surface area contributed by atoms with Crippen LogP contribution < -0.4 is 5.32 Å². The molecule has 0 spiro atoms. The van der Waals surface area contributed by atoms with Crippen LogP contribution in [0.2, 0.25) is 0 Å². The molecule has 0 aliphatic rings. The standard InChI is InChI=1S/C9H14F3NO4/c1-8(2,3)17-7(15)13-4-5-16-6(14)9(10,11)12/h4-5H2,1-3H3,(H,13,15). The van der Waals surface area contributed by atoms with E-state index in [0.717, 1.165) is 0 Å². The summed E-state index contributed by atoms with van der Waals surface area (Å²) >= 11 is 0. The van der Waals surface area contributed by atoms with Gasteiger partial charge in [-0.15, -0.1) is 0 Å². The van der Waals surface area contributed by atoms with Crippen LogP contribution in [0.4, 0.5) is 18.0 Å². The second-order valence-corrected chi connectivity index (χ2v) is 4.06. The Kier molecular flexibility index (Phi) is 5.24. The Morgan fingerprint density at radius 3 is 2.12 bits per heavy atom. The number of rotatable bonds is 3. The molecule has 100 valence electrons. The number of hydrogen-bond acceptors (Lipinski definition) is 4. The zero-order valence-electron chi connectivity index (χ0n) is 9.68. The van der Waals surface area contributed by atoms with Gasteiger partial charge in [0, 0.05) is 0 Å². The second-order valence-electron chi connectivity index (χ2n) is 4.06. The maximum absolute atomic E-state index is 11.7. The number of alkyl halides is 3. The van der Waals surface area contributed by atoms with E-state index in [1.165, 1.54) is 0 Å². The molecule has 0 saturated heterocycles. The largest absolute Gasteiger partial charge is 0.490 e. The van der Waals surface area contributed by atoms with Crippen molar-refractivity contribution in [2.45, 2.75) is 32.5 Å². The maximum atomic E-state index is 11.7. The summed E-state index contributed by atoms with van der Waals surface area (Å²) < 4.78 is 43.7. The predicted molar refractivity (Wildman–Crippen MR) is 51.3 cm³/mol. The molecule has 17 heavy (non-hydrogen) atoms. The third-order valence-corrected chi connectivity index (χ3v) is 1.23. The molecule has 0 bridgehead atoms. The van der Waals surface area contributed by atoms with Crippen molar-refractivity contribution in [2.75, 3.05) is 13.2 Å². The first kappa shape index (κ1) is 15.5. The molecule has 0 radical (unpaired) electrons. The van der Waals surface area contributed by atoms with E-state index < -0.39 is 30.4 Å². The van der Waals surface area contributed by atoms with Crippen LogP contribution in [0.3, 0.4) is 0 Å². The molecule has 0 aromatic heterocycles. The Bertz CT molecular complexity index is 283. The van der Waals surface area contributed by atoms with Crippen molar-refractivity contribution in [2.24, 2.45) is 0 Å². The lowest BCUT2D eigenvalue weighted by molar-refractivity contribution is -0.199. The van der Waals surface area contributed by atoms with Gasteiger partial charge in [0.1, 0.15) is 12.2 Å². The van der Waals surface area contributed by atoms with Crippen LogP contribution in [0, 0.1) is 0 Å². The molecule has 0 aromatic carbocycles. The Morgan fingerprint density at radius 1 is 1.18 bits per heavy atom. The molecular weight excluding hydrogens is 243 g/mol. The Hall–Kier alpha value is -1.47. The monoisotopic (exact) mass is 257 g/mol. The van der Waals surface area contributed by atoms with Crippen molar-refractivity contribution in [3.63, 3.8) is 0 Å². The van der Waals surface area contributed by atoms with Gasteiger partial charge in [0.2, 0.25) is 0 Å². The number of alkyl carbamates (subject to hydrolysis) is 1. The lowest BCUT2D eigenvalue weighted by atomic mass is 10.2. The van der Waals surface area contributed by atoms with E-state index >= 15 is 0 Å². The minimum atomic E-state index is -5.02. The number of hydrogen-bond donors (Lipinski definition) is 1.